The van der Waals surface area contributed by atoms with Gasteiger partial charge in [-0.05, 0) is 38.3 Å². The van der Waals surface area contributed by atoms with Crippen LogP contribution >= 0.6 is 0 Å². The fraction of sp³-hybridized carbons (Fsp3) is 0.400. The molecule has 2 heteroatoms. The molecule has 1 aliphatic heterocycles. The van der Waals surface area contributed by atoms with Crippen LogP contribution in [-0.2, 0) is 15.1 Å². The molecule has 0 N–H and O–H groups in total. The van der Waals surface area contributed by atoms with Gasteiger partial charge in [-0.3, -0.25) is 0 Å². The Morgan fingerprint density at radius 2 is 1.41 bits per heavy atom. The first kappa shape index (κ1) is 15.3. The van der Waals surface area contributed by atoms with Crippen LogP contribution in [0.15, 0.2) is 60.7 Å². The van der Waals surface area contributed by atoms with Crippen molar-refractivity contribution in [2.45, 2.75) is 51.1 Å². The second-order valence-corrected chi connectivity index (χ2v) is 6.88. The van der Waals surface area contributed by atoms with Gasteiger partial charge in [0.15, 0.2) is 6.29 Å². The lowest BCUT2D eigenvalue weighted by Gasteiger charge is -2.32. The minimum Gasteiger partial charge on any atom is -0.347 e. The average molecular weight is 296 g/mol. The Bertz CT molecular complexity index is 559. The first-order chi connectivity index (χ1) is 10.5. The van der Waals surface area contributed by atoms with Gasteiger partial charge in [-0.1, -0.05) is 60.7 Å². The molecule has 0 radical (unpaired) electrons. The van der Waals surface area contributed by atoms with Gasteiger partial charge >= 0.3 is 0 Å². The molecule has 0 aromatic heterocycles. The van der Waals surface area contributed by atoms with Crippen LogP contribution in [0.1, 0.15) is 44.7 Å². The summed E-state index contributed by atoms with van der Waals surface area (Å²) in [5, 5.41) is 0. The molecule has 1 heterocycles. The minimum absolute atomic E-state index is 0.166. The monoisotopic (exact) mass is 296 g/mol. The van der Waals surface area contributed by atoms with E-state index in [1.165, 1.54) is 11.1 Å². The van der Waals surface area contributed by atoms with E-state index in [0.717, 1.165) is 12.8 Å². The molecule has 1 fully saturated rings. The summed E-state index contributed by atoms with van der Waals surface area (Å²) in [6.45, 7) is 6.21. The highest BCUT2D eigenvalue weighted by atomic mass is 16.7. The smallest absolute Gasteiger partial charge is 0.160 e. The van der Waals surface area contributed by atoms with Crippen LogP contribution in [0.5, 0.6) is 0 Å². The van der Waals surface area contributed by atoms with Gasteiger partial charge in [0.2, 0.25) is 0 Å². The fourth-order valence-corrected chi connectivity index (χ4v) is 3.15. The van der Waals surface area contributed by atoms with Crippen molar-refractivity contribution in [3.63, 3.8) is 0 Å². The summed E-state index contributed by atoms with van der Waals surface area (Å²) >= 11 is 0. The van der Waals surface area contributed by atoms with Gasteiger partial charge in [-0.2, -0.15) is 0 Å². The Hall–Kier alpha value is -1.64. The molecule has 0 spiro atoms. The topological polar surface area (TPSA) is 18.5 Å². The summed E-state index contributed by atoms with van der Waals surface area (Å²) < 4.78 is 12.5. The van der Waals surface area contributed by atoms with Crippen LogP contribution < -0.4 is 0 Å². The molecule has 116 valence electrons. The van der Waals surface area contributed by atoms with Crippen LogP contribution in [0.25, 0.3) is 0 Å². The molecular weight excluding hydrogens is 272 g/mol. The van der Waals surface area contributed by atoms with Crippen molar-refractivity contribution >= 4 is 0 Å². The van der Waals surface area contributed by atoms with E-state index in [0.29, 0.717) is 0 Å². The molecule has 0 amide bonds. The summed E-state index contributed by atoms with van der Waals surface area (Å²) in [4.78, 5) is 0. The SMILES string of the molecule is CC(C)(C)OC1CCC(c2ccccc2)(c2ccccc2)O1. The summed E-state index contributed by atoms with van der Waals surface area (Å²) in [5.41, 5.74) is 1.79. The highest BCUT2D eigenvalue weighted by molar-refractivity contribution is 5.37. The zero-order valence-electron chi connectivity index (χ0n) is 13.6. The number of benzene rings is 2. The van der Waals surface area contributed by atoms with Gasteiger partial charge in [0.25, 0.3) is 0 Å². The van der Waals surface area contributed by atoms with E-state index in [2.05, 4.69) is 69.3 Å². The van der Waals surface area contributed by atoms with E-state index in [1.807, 2.05) is 12.1 Å². The van der Waals surface area contributed by atoms with Gasteiger partial charge in [0.05, 0.1) is 5.60 Å². The van der Waals surface area contributed by atoms with Crippen LogP contribution in [0.4, 0.5) is 0 Å². The lowest BCUT2D eigenvalue weighted by atomic mass is 9.84. The molecule has 2 aromatic rings. The van der Waals surface area contributed by atoms with Gasteiger partial charge in [0, 0.05) is 6.42 Å². The van der Waals surface area contributed by atoms with Crippen LogP contribution in [0.2, 0.25) is 0 Å². The molecule has 22 heavy (non-hydrogen) atoms. The fourth-order valence-electron chi connectivity index (χ4n) is 3.15. The molecule has 1 saturated heterocycles. The van der Waals surface area contributed by atoms with Gasteiger partial charge in [0.1, 0.15) is 5.60 Å². The first-order valence-corrected chi connectivity index (χ1v) is 7.96. The summed E-state index contributed by atoms with van der Waals surface area (Å²) in [6, 6.07) is 20.9. The van der Waals surface area contributed by atoms with Crippen LogP contribution in [-0.4, -0.2) is 11.9 Å². The second-order valence-electron chi connectivity index (χ2n) is 6.88. The van der Waals surface area contributed by atoms with E-state index < -0.39 is 5.60 Å². The van der Waals surface area contributed by atoms with E-state index in [1.54, 1.807) is 0 Å². The summed E-state index contributed by atoms with van der Waals surface area (Å²) in [7, 11) is 0. The number of ether oxygens (including phenoxy) is 2. The van der Waals surface area contributed by atoms with Crippen molar-refractivity contribution < 1.29 is 9.47 Å². The highest BCUT2D eigenvalue weighted by Crippen LogP contribution is 2.45. The molecule has 1 unspecified atom stereocenters. The van der Waals surface area contributed by atoms with Gasteiger partial charge < -0.3 is 9.47 Å². The Labute approximate surface area is 133 Å². The number of hydrogen-bond acceptors (Lipinski definition) is 2. The van der Waals surface area contributed by atoms with Gasteiger partial charge in [-0.15, -0.1) is 0 Å². The van der Waals surface area contributed by atoms with Crippen molar-refractivity contribution in [1.82, 2.24) is 0 Å². The zero-order chi connectivity index (χ0) is 15.6. The average Bonchev–Trinajstić information content (AvgIpc) is 2.92. The molecular formula is C20H24O2. The Morgan fingerprint density at radius 1 is 0.909 bits per heavy atom. The van der Waals surface area contributed by atoms with Crippen molar-refractivity contribution in [3.05, 3.63) is 71.8 Å². The van der Waals surface area contributed by atoms with E-state index in [-0.39, 0.29) is 11.9 Å². The lowest BCUT2D eigenvalue weighted by Crippen LogP contribution is -2.32. The third-order valence-electron chi connectivity index (χ3n) is 4.03. The zero-order valence-corrected chi connectivity index (χ0v) is 13.6. The Morgan fingerprint density at radius 3 is 1.86 bits per heavy atom. The van der Waals surface area contributed by atoms with Crippen molar-refractivity contribution in [3.8, 4) is 0 Å². The minimum atomic E-state index is -0.404. The summed E-state index contributed by atoms with van der Waals surface area (Å²) in [6.07, 6.45) is 1.67. The van der Waals surface area contributed by atoms with E-state index in [9.17, 15) is 0 Å². The standard InChI is InChI=1S/C20H24O2/c1-19(2,3)21-18-14-15-20(22-18,16-10-6-4-7-11-16)17-12-8-5-9-13-17/h4-13,18H,14-15H2,1-3H3. The molecule has 0 bridgehead atoms. The molecule has 0 saturated carbocycles. The van der Waals surface area contributed by atoms with Gasteiger partial charge in [-0.25, -0.2) is 0 Å². The number of hydrogen-bond donors (Lipinski definition) is 0. The summed E-state index contributed by atoms with van der Waals surface area (Å²) in [5.74, 6) is 0. The Kier molecular flexibility index (Phi) is 4.07. The largest absolute Gasteiger partial charge is 0.347 e. The maximum absolute atomic E-state index is 6.47. The van der Waals surface area contributed by atoms with Crippen LogP contribution in [0, 0.1) is 0 Å². The molecule has 2 aromatic carbocycles. The third kappa shape index (κ3) is 3.08. The molecule has 1 aliphatic rings. The molecule has 3 rings (SSSR count). The maximum Gasteiger partial charge on any atom is 0.160 e. The van der Waals surface area contributed by atoms with Crippen molar-refractivity contribution in [1.29, 1.82) is 0 Å². The molecule has 2 nitrogen and oxygen atoms in total. The van der Waals surface area contributed by atoms with Crippen molar-refractivity contribution in [2.24, 2.45) is 0 Å². The first-order valence-electron chi connectivity index (χ1n) is 7.96. The number of rotatable bonds is 3. The normalized spacial score (nSPS) is 21.0. The third-order valence-corrected chi connectivity index (χ3v) is 4.03. The predicted octanol–water partition coefficient (Wildman–Crippen LogP) is 4.88. The van der Waals surface area contributed by atoms with Crippen LogP contribution in [0.3, 0.4) is 0 Å². The van der Waals surface area contributed by atoms with E-state index >= 15 is 0 Å². The Balaban J connectivity index is 1.97. The molecule has 1 atom stereocenters. The second kappa shape index (κ2) is 5.86. The lowest BCUT2D eigenvalue weighted by molar-refractivity contribution is -0.204. The van der Waals surface area contributed by atoms with Crippen molar-refractivity contribution in [2.75, 3.05) is 0 Å². The quantitative estimate of drug-likeness (QED) is 0.803. The molecule has 0 aliphatic carbocycles. The van der Waals surface area contributed by atoms with E-state index in [4.69, 9.17) is 9.47 Å². The highest BCUT2D eigenvalue weighted by Gasteiger charge is 2.44. The maximum atomic E-state index is 6.47. The predicted molar refractivity (Wildman–Crippen MR) is 88.6 cm³/mol.